The second kappa shape index (κ2) is 5.04. The Morgan fingerprint density at radius 2 is 2.11 bits per heavy atom. The molecular weight excluding hydrogens is 228 g/mol. The summed E-state index contributed by atoms with van der Waals surface area (Å²) in [6.45, 7) is 2.19. The quantitative estimate of drug-likeness (QED) is 0.776. The Labute approximate surface area is 106 Å². The van der Waals surface area contributed by atoms with Gasteiger partial charge in [0.15, 0.2) is 0 Å². The summed E-state index contributed by atoms with van der Waals surface area (Å²) in [6.07, 6.45) is 0. The number of likely N-dealkylation sites (N-methyl/N-ethyl adjacent to an activating group) is 1. The highest BCUT2D eigenvalue weighted by atomic mass is 16.5. The fourth-order valence-corrected chi connectivity index (χ4v) is 1.93. The average molecular weight is 244 g/mol. The number of carbonyl (C=O) groups is 1. The second-order valence-corrected chi connectivity index (χ2v) is 4.25. The van der Waals surface area contributed by atoms with Crippen LogP contribution < -0.4 is 4.90 Å². The standard InChI is InChI=1S/C14H16N2O2/c1-10-8-11-6-4-5-7-12(11)15-14(10)16(2)9-13(17)18-3/h4-8H,9H2,1-3H3. The van der Waals surface area contributed by atoms with Gasteiger partial charge in [-0.25, -0.2) is 4.98 Å². The van der Waals surface area contributed by atoms with Crippen LogP contribution in [0.1, 0.15) is 5.56 Å². The minimum Gasteiger partial charge on any atom is -0.468 e. The summed E-state index contributed by atoms with van der Waals surface area (Å²) in [6, 6.07) is 10.0. The van der Waals surface area contributed by atoms with Gasteiger partial charge < -0.3 is 9.64 Å². The molecule has 94 valence electrons. The number of benzene rings is 1. The highest BCUT2D eigenvalue weighted by Gasteiger charge is 2.11. The molecule has 4 heteroatoms. The number of anilines is 1. The minimum atomic E-state index is -0.271. The summed E-state index contributed by atoms with van der Waals surface area (Å²) < 4.78 is 4.66. The summed E-state index contributed by atoms with van der Waals surface area (Å²) in [7, 11) is 3.22. The first-order chi connectivity index (χ1) is 8.61. The topological polar surface area (TPSA) is 42.4 Å². The van der Waals surface area contributed by atoms with Gasteiger partial charge in [0.2, 0.25) is 0 Å². The van der Waals surface area contributed by atoms with Crippen molar-refractivity contribution in [2.45, 2.75) is 6.92 Å². The van der Waals surface area contributed by atoms with E-state index in [2.05, 4.69) is 15.8 Å². The van der Waals surface area contributed by atoms with Crippen LogP contribution in [0.25, 0.3) is 10.9 Å². The summed E-state index contributed by atoms with van der Waals surface area (Å²) >= 11 is 0. The van der Waals surface area contributed by atoms with E-state index >= 15 is 0 Å². The van der Waals surface area contributed by atoms with Gasteiger partial charge in [0.05, 0.1) is 12.6 Å². The number of fused-ring (bicyclic) bond motifs is 1. The van der Waals surface area contributed by atoms with Crippen LogP contribution in [0.15, 0.2) is 30.3 Å². The molecule has 0 atom stereocenters. The zero-order valence-electron chi connectivity index (χ0n) is 10.8. The zero-order chi connectivity index (χ0) is 13.1. The van der Waals surface area contributed by atoms with Crippen molar-refractivity contribution in [2.24, 2.45) is 0 Å². The predicted octanol–water partition coefficient (Wildman–Crippen LogP) is 2.15. The number of hydrogen-bond acceptors (Lipinski definition) is 4. The number of aryl methyl sites for hydroxylation is 1. The largest absolute Gasteiger partial charge is 0.468 e. The third-order valence-electron chi connectivity index (χ3n) is 2.84. The molecule has 0 unspecified atom stereocenters. The molecular formula is C14H16N2O2. The van der Waals surface area contributed by atoms with E-state index in [4.69, 9.17) is 0 Å². The number of methoxy groups -OCH3 is 1. The Balaban J connectivity index is 2.38. The number of rotatable bonds is 3. The van der Waals surface area contributed by atoms with E-state index in [-0.39, 0.29) is 12.5 Å². The van der Waals surface area contributed by atoms with E-state index in [0.29, 0.717) is 0 Å². The first kappa shape index (κ1) is 12.4. The number of pyridine rings is 1. The molecule has 0 bridgehead atoms. The van der Waals surface area contributed by atoms with E-state index in [1.165, 1.54) is 7.11 Å². The molecule has 4 nitrogen and oxygen atoms in total. The molecule has 0 aliphatic rings. The number of hydrogen-bond donors (Lipinski definition) is 0. The molecule has 0 radical (unpaired) electrons. The molecule has 1 heterocycles. The Kier molecular flexibility index (Phi) is 3.46. The van der Waals surface area contributed by atoms with Gasteiger partial charge >= 0.3 is 5.97 Å². The first-order valence-electron chi connectivity index (χ1n) is 5.76. The Hall–Kier alpha value is -2.10. The number of esters is 1. The maximum atomic E-state index is 11.3. The van der Waals surface area contributed by atoms with Crippen molar-refractivity contribution in [1.82, 2.24) is 4.98 Å². The van der Waals surface area contributed by atoms with Crippen LogP contribution in [0, 0.1) is 6.92 Å². The average Bonchev–Trinajstić information content (AvgIpc) is 2.37. The van der Waals surface area contributed by atoms with Gasteiger partial charge in [-0.1, -0.05) is 18.2 Å². The van der Waals surface area contributed by atoms with Crippen LogP contribution >= 0.6 is 0 Å². The van der Waals surface area contributed by atoms with E-state index < -0.39 is 0 Å². The van der Waals surface area contributed by atoms with E-state index in [1.54, 1.807) is 4.90 Å². The van der Waals surface area contributed by atoms with Gasteiger partial charge in [0, 0.05) is 12.4 Å². The third-order valence-corrected chi connectivity index (χ3v) is 2.84. The predicted molar refractivity (Wildman–Crippen MR) is 71.8 cm³/mol. The maximum absolute atomic E-state index is 11.3. The second-order valence-electron chi connectivity index (χ2n) is 4.25. The Morgan fingerprint density at radius 3 is 2.83 bits per heavy atom. The number of ether oxygens (including phenoxy) is 1. The number of aromatic nitrogens is 1. The van der Waals surface area contributed by atoms with Crippen LogP contribution in [-0.4, -0.2) is 31.7 Å². The number of nitrogens with zero attached hydrogens (tertiary/aromatic N) is 2. The lowest BCUT2D eigenvalue weighted by Crippen LogP contribution is -2.27. The number of para-hydroxylation sites is 1. The van der Waals surface area contributed by atoms with Crippen molar-refractivity contribution in [3.8, 4) is 0 Å². The molecule has 0 N–H and O–H groups in total. The molecule has 0 saturated carbocycles. The minimum absolute atomic E-state index is 0.197. The molecule has 0 aliphatic carbocycles. The normalized spacial score (nSPS) is 10.4. The lowest BCUT2D eigenvalue weighted by molar-refractivity contribution is -0.138. The lowest BCUT2D eigenvalue weighted by Gasteiger charge is -2.19. The van der Waals surface area contributed by atoms with Crippen molar-refractivity contribution in [3.63, 3.8) is 0 Å². The van der Waals surface area contributed by atoms with Crippen LogP contribution in [-0.2, 0) is 9.53 Å². The van der Waals surface area contributed by atoms with Gasteiger partial charge in [0.1, 0.15) is 12.4 Å². The first-order valence-corrected chi connectivity index (χ1v) is 5.76. The van der Waals surface area contributed by atoms with Gasteiger partial charge in [-0.2, -0.15) is 0 Å². The molecule has 1 aromatic heterocycles. The Bertz CT molecular complexity index is 581. The molecule has 0 amide bonds. The van der Waals surface area contributed by atoms with Gasteiger partial charge in [0.25, 0.3) is 0 Å². The van der Waals surface area contributed by atoms with Gasteiger partial charge in [-0.15, -0.1) is 0 Å². The van der Waals surface area contributed by atoms with E-state index in [0.717, 1.165) is 22.3 Å². The van der Waals surface area contributed by atoms with Crippen molar-refractivity contribution >= 4 is 22.7 Å². The van der Waals surface area contributed by atoms with Crippen molar-refractivity contribution in [2.75, 3.05) is 25.6 Å². The van der Waals surface area contributed by atoms with Crippen molar-refractivity contribution in [3.05, 3.63) is 35.9 Å². The molecule has 2 aromatic rings. The number of carbonyl (C=O) groups excluding carboxylic acids is 1. The smallest absolute Gasteiger partial charge is 0.325 e. The SMILES string of the molecule is COC(=O)CN(C)c1nc2ccccc2cc1C. The van der Waals surface area contributed by atoms with Crippen molar-refractivity contribution < 1.29 is 9.53 Å². The molecule has 0 fully saturated rings. The molecule has 0 spiro atoms. The third kappa shape index (κ3) is 2.42. The zero-order valence-corrected chi connectivity index (χ0v) is 10.8. The molecule has 1 aromatic carbocycles. The van der Waals surface area contributed by atoms with Crippen LogP contribution in [0.3, 0.4) is 0 Å². The van der Waals surface area contributed by atoms with Crippen LogP contribution in [0.5, 0.6) is 0 Å². The maximum Gasteiger partial charge on any atom is 0.325 e. The van der Waals surface area contributed by atoms with Crippen LogP contribution in [0.4, 0.5) is 5.82 Å². The van der Waals surface area contributed by atoms with Crippen molar-refractivity contribution in [1.29, 1.82) is 0 Å². The fourth-order valence-electron chi connectivity index (χ4n) is 1.93. The lowest BCUT2D eigenvalue weighted by atomic mass is 10.1. The van der Waals surface area contributed by atoms with E-state index in [9.17, 15) is 4.79 Å². The highest BCUT2D eigenvalue weighted by Crippen LogP contribution is 2.21. The van der Waals surface area contributed by atoms with Gasteiger partial charge in [-0.3, -0.25) is 4.79 Å². The monoisotopic (exact) mass is 244 g/mol. The molecule has 2 rings (SSSR count). The summed E-state index contributed by atoms with van der Waals surface area (Å²) in [5, 5.41) is 1.10. The van der Waals surface area contributed by atoms with E-state index in [1.807, 2.05) is 38.2 Å². The molecule has 0 saturated heterocycles. The Morgan fingerprint density at radius 1 is 1.39 bits per heavy atom. The highest BCUT2D eigenvalue weighted by molar-refractivity contribution is 5.82. The summed E-state index contributed by atoms with van der Waals surface area (Å²) in [5.41, 5.74) is 1.97. The summed E-state index contributed by atoms with van der Waals surface area (Å²) in [4.78, 5) is 17.7. The molecule has 0 aliphatic heterocycles. The summed E-state index contributed by atoms with van der Waals surface area (Å²) in [5.74, 6) is 0.533. The fraction of sp³-hybridized carbons (Fsp3) is 0.286. The molecule has 18 heavy (non-hydrogen) atoms. The van der Waals surface area contributed by atoms with Gasteiger partial charge in [-0.05, 0) is 24.6 Å². The van der Waals surface area contributed by atoms with Crippen LogP contribution in [0.2, 0.25) is 0 Å².